The average molecular weight is 236 g/mol. The predicted octanol–water partition coefficient (Wildman–Crippen LogP) is 4.18. The summed E-state index contributed by atoms with van der Waals surface area (Å²) in [6, 6.07) is 0. The fourth-order valence-electron chi connectivity index (χ4n) is 3.12. The molecule has 0 saturated carbocycles. The van der Waals surface area contributed by atoms with E-state index in [1.165, 1.54) is 5.57 Å². The van der Waals surface area contributed by atoms with Gasteiger partial charge in [0.05, 0.1) is 0 Å². The van der Waals surface area contributed by atoms with Gasteiger partial charge in [-0.25, -0.2) is 4.79 Å². The quantitative estimate of drug-likeness (QED) is 0.589. The van der Waals surface area contributed by atoms with E-state index in [2.05, 4.69) is 33.8 Å². The van der Waals surface area contributed by atoms with Crippen molar-refractivity contribution in [3.8, 4) is 0 Å². The molecule has 0 aromatic heterocycles. The van der Waals surface area contributed by atoms with Gasteiger partial charge in [0.1, 0.15) is 0 Å². The van der Waals surface area contributed by atoms with Crippen molar-refractivity contribution in [2.45, 2.75) is 53.9 Å². The van der Waals surface area contributed by atoms with Crippen molar-refractivity contribution in [2.24, 2.45) is 11.3 Å². The molecule has 1 unspecified atom stereocenters. The minimum absolute atomic E-state index is 0.168. The molecule has 1 atom stereocenters. The molecule has 0 aromatic carbocycles. The molecule has 0 aliphatic heterocycles. The Balaban J connectivity index is 3.27. The molecule has 0 saturated heterocycles. The Kier molecular flexibility index (Phi) is 4.18. The van der Waals surface area contributed by atoms with Crippen molar-refractivity contribution >= 4 is 5.97 Å². The van der Waals surface area contributed by atoms with Crippen LogP contribution < -0.4 is 0 Å². The number of rotatable bonds is 3. The SMILES string of the molecule is CC/C(=C(/C)C(=O)O)C1C(C)=CCCC1(C)C. The molecule has 0 bridgehead atoms. The molecule has 1 rings (SSSR count). The first-order chi connectivity index (χ1) is 7.81. The standard InChI is InChI=1S/C15H24O2/c1-6-12(11(3)14(16)17)13-10(2)8-7-9-15(13,4)5/h8,13H,6-7,9H2,1-5H3,(H,16,17)/b12-11+. The lowest BCUT2D eigenvalue weighted by molar-refractivity contribution is -0.132. The van der Waals surface area contributed by atoms with Gasteiger partial charge in [0.25, 0.3) is 0 Å². The molecule has 1 N–H and O–H groups in total. The second-order valence-electron chi connectivity index (χ2n) is 5.72. The second kappa shape index (κ2) is 5.07. The number of carboxylic acid groups (broad SMARTS) is 1. The first kappa shape index (κ1) is 14.0. The molecule has 0 fully saturated rings. The number of carboxylic acids is 1. The van der Waals surface area contributed by atoms with E-state index < -0.39 is 5.97 Å². The topological polar surface area (TPSA) is 37.3 Å². The highest BCUT2D eigenvalue weighted by atomic mass is 16.4. The van der Waals surface area contributed by atoms with Crippen molar-refractivity contribution in [2.75, 3.05) is 0 Å². The molecule has 96 valence electrons. The molecule has 1 aliphatic rings. The van der Waals surface area contributed by atoms with E-state index in [9.17, 15) is 9.90 Å². The summed E-state index contributed by atoms with van der Waals surface area (Å²) in [4.78, 5) is 11.2. The molecular weight excluding hydrogens is 212 g/mol. The summed E-state index contributed by atoms with van der Waals surface area (Å²) in [6.45, 7) is 10.4. The lowest BCUT2D eigenvalue weighted by atomic mass is 9.64. The average Bonchev–Trinajstić information content (AvgIpc) is 2.22. The van der Waals surface area contributed by atoms with Gasteiger partial charge in [-0.1, -0.05) is 38.0 Å². The largest absolute Gasteiger partial charge is 0.478 e. The fourth-order valence-corrected chi connectivity index (χ4v) is 3.12. The van der Waals surface area contributed by atoms with Crippen LogP contribution in [-0.4, -0.2) is 11.1 Å². The van der Waals surface area contributed by atoms with Crippen molar-refractivity contribution in [3.63, 3.8) is 0 Å². The second-order valence-corrected chi connectivity index (χ2v) is 5.72. The van der Waals surface area contributed by atoms with E-state index in [0.717, 1.165) is 24.8 Å². The van der Waals surface area contributed by atoms with Gasteiger partial charge in [-0.2, -0.15) is 0 Å². The van der Waals surface area contributed by atoms with Crippen LogP contribution >= 0.6 is 0 Å². The monoisotopic (exact) mass is 236 g/mol. The van der Waals surface area contributed by atoms with E-state index in [0.29, 0.717) is 5.57 Å². The van der Waals surface area contributed by atoms with Gasteiger partial charge in [-0.05, 0) is 38.5 Å². The highest BCUT2D eigenvalue weighted by Gasteiger charge is 2.35. The third-order valence-electron chi connectivity index (χ3n) is 4.02. The number of aliphatic carboxylic acids is 1. The maximum atomic E-state index is 11.2. The van der Waals surface area contributed by atoms with Crippen molar-refractivity contribution in [1.29, 1.82) is 0 Å². The van der Waals surface area contributed by atoms with Crippen LogP contribution in [0.25, 0.3) is 0 Å². The van der Waals surface area contributed by atoms with Gasteiger partial charge < -0.3 is 5.11 Å². The molecule has 0 aromatic rings. The van der Waals surface area contributed by atoms with Crippen LogP contribution in [0.4, 0.5) is 0 Å². The normalized spacial score (nSPS) is 25.0. The third kappa shape index (κ3) is 2.80. The van der Waals surface area contributed by atoms with Gasteiger partial charge in [-0.3, -0.25) is 0 Å². The predicted molar refractivity (Wildman–Crippen MR) is 70.9 cm³/mol. The molecule has 0 heterocycles. The van der Waals surface area contributed by atoms with Crippen LogP contribution in [0.1, 0.15) is 53.9 Å². The molecule has 0 radical (unpaired) electrons. The van der Waals surface area contributed by atoms with E-state index in [1.807, 2.05) is 0 Å². The smallest absolute Gasteiger partial charge is 0.331 e. The lowest BCUT2D eigenvalue weighted by Crippen LogP contribution is -2.30. The van der Waals surface area contributed by atoms with Gasteiger partial charge in [0.2, 0.25) is 0 Å². The Morgan fingerprint density at radius 2 is 2.12 bits per heavy atom. The lowest BCUT2D eigenvalue weighted by Gasteiger charge is -2.40. The van der Waals surface area contributed by atoms with Crippen molar-refractivity contribution < 1.29 is 9.90 Å². The zero-order chi connectivity index (χ0) is 13.2. The van der Waals surface area contributed by atoms with Gasteiger partial charge >= 0.3 is 5.97 Å². The van der Waals surface area contributed by atoms with Crippen LogP contribution in [0.5, 0.6) is 0 Å². The number of hydrogen-bond acceptors (Lipinski definition) is 1. The summed E-state index contributed by atoms with van der Waals surface area (Å²) in [7, 11) is 0. The van der Waals surface area contributed by atoms with E-state index in [1.54, 1.807) is 6.92 Å². The highest BCUT2D eigenvalue weighted by Crippen LogP contribution is 2.46. The maximum absolute atomic E-state index is 11.2. The van der Waals surface area contributed by atoms with Crippen molar-refractivity contribution in [3.05, 3.63) is 22.8 Å². The molecule has 0 amide bonds. The van der Waals surface area contributed by atoms with Gasteiger partial charge in [0, 0.05) is 11.5 Å². The van der Waals surface area contributed by atoms with Gasteiger partial charge in [0.15, 0.2) is 0 Å². The third-order valence-corrected chi connectivity index (χ3v) is 4.02. The minimum Gasteiger partial charge on any atom is -0.478 e. The summed E-state index contributed by atoms with van der Waals surface area (Å²) in [5, 5.41) is 9.19. The summed E-state index contributed by atoms with van der Waals surface area (Å²) in [5.74, 6) is -0.492. The van der Waals surface area contributed by atoms with Crippen LogP contribution in [0.3, 0.4) is 0 Å². The van der Waals surface area contributed by atoms with Crippen LogP contribution in [0.2, 0.25) is 0 Å². The van der Waals surface area contributed by atoms with Crippen LogP contribution in [0.15, 0.2) is 22.8 Å². The Bertz CT molecular complexity index is 372. The maximum Gasteiger partial charge on any atom is 0.331 e. The summed E-state index contributed by atoms with van der Waals surface area (Å²) in [6.07, 6.45) is 5.32. The van der Waals surface area contributed by atoms with Crippen LogP contribution in [0, 0.1) is 11.3 Å². The number of allylic oxidation sites excluding steroid dienone is 3. The zero-order valence-corrected chi connectivity index (χ0v) is 11.6. The zero-order valence-electron chi connectivity index (χ0n) is 11.6. The summed E-state index contributed by atoms with van der Waals surface area (Å²) in [5.41, 5.74) is 3.12. The molecular formula is C15H24O2. The minimum atomic E-state index is -0.781. The summed E-state index contributed by atoms with van der Waals surface area (Å²) >= 11 is 0. The van der Waals surface area contributed by atoms with Gasteiger partial charge in [-0.15, -0.1) is 0 Å². The number of hydrogen-bond donors (Lipinski definition) is 1. The molecule has 17 heavy (non-hydrogen) atoms. The number of carbonyl (C=O) groups is 1. The van der Waals surface area contributed by atoms with Crippen LogP contribution in [-0.2, 0) is 4.79 Å². The Morgan fingerprint density at radius 1 is 1.53 bits per heavy atom. The Hall–Kier alpha value is -1.05. The first-order valence-electron chi connectivity index (χ1n) is 6.40. The Morgan fingerprint density at radius 3 is 2.53 bits per heavy atom. The Labute approximate surface area is 104 Å². The summed E-state index contributed by atoms with van der Waals surface area (Å²) < 4.78 is 0. The molecule has 2 heteroatoms. The van der Waals surface area contributed by atoms with E-state index in [4.69, 9.17) is 0 Å². The van der Waals surface area contributed by atoms with E-state index >= 15 is 0 Å². The highest BCUT2D eigenvalue weighted by molar-refractivity contribution is 5.87. The van der Waals surface area contributed by atoms with E-state index in [-0.39, 0.29) is 11.3 Å². The first-order valence-corrected chi connectivity index (χ1v) is 6.40. The fraction of sp³-hybridized carbons (Fsp3) is 0.667. The molecule has 2 nitrogen and oxygen atoms in total. The van der Waals surface area contributed by atoms with Crippen molar-refractivity contribution in [1.82, 2.24) is 0 Å². The molecule has 1 aliphatic carbocycles. The molecule has 0 spiro atoms.